The van der Waals surface area contributed by atoms with E-state index in [9.17, 15) is 21.6 Å². The van der Waals surface area contributed by atoms with Crippen LogP contribution in [0.15, 0.2) is 46.2 Å². The van der Waals surface area contributed by atoms with Crippen molar-refractivity contribution in [1.82, 2.24) is 4.31 Å². The first-order valence-corrected chi connectivity index (χ1v) is 13.4. The zero-order chi connectivity index (χ0) is 23.1. The molecule has 0 bridgehead atoms. The van der Waals surface area contributed by atoms with Gasteiger partial charge in [-0.2, -0.15) is 4.31 Å². The number of hydrogen-bond acceptors (Lipinski definition) is 6. The average molecular weight is 479 g/mol. The quantitative estimate of drug-likeness (QED) is 0.613. The number of methoxy groups -OCH3 is 1. The van der Waals surface area contributed by atoms with Crippen molar-refractivity contribution in [3.05, 3.63) is 53.1 Å². The molecular weight excluding hydrogens is 452 g/mol. The molecule has 1 saturated heterocycles. The van der Waals surface area contributed by atoms with Crippen LogP contribution < -0.4 is 4.31 Å². The van der Waals surface area contributed by atoms with Crippen molar-refractivity contribution in [3.8, 4) is 0 Å². The predicted molar refractivity (Wildman–Crippen MR) is 120 cm³/mol. The minimum atomic E-state index is -3.88. The predicted octanol–water partition coefficient (Wildman–Crippen LogP) is 2.71. The maximum Gasteiger partial charge on any atom is 0.337 e. The van der Waals surface area contributed by atoms with Crippen LogP contribution in [0, 0.1) is 6.92 Å². The van der Waals surface area contributed by atoms with E-state index in [4.69, 9.17) is 4.74 Å². The highest BCUT2D eigenvalue weighted by atomic mass is 32.2. The van der Waals surface area contributed by atoms with Crippen molar-refractivity contribution in [2.24, 2.45) is 0 Å². The normalized spacial score (nSPS) is 17.2. The van der Waals surface area contributed by atoms with Gasteiger partial charge >= 0.3 is 5.97 Å². The highest BCUT2D eigenvalue weighted by molar-refractivity contribution is 7.93. The van der Waals surface area contributed by atoms with Crippen LogP contribution in [-0.4, -0.2) is 53.9 Å². The molecule has 0 spiro atoms. The molecule has 4 rings (SSSR count). The minimum Gasteiger partial charge on any atom is -0.465 e. The van der Waals surface area contributed by atoms with Gasteiger partial charge in [0.05, 0.1) is 28.2 Å². The van der Waals surface area contributed by atoms with Gasteiger partial charge in [0.1, 0.15) is 0 Å². The van der Waals surface area contributed by atoms with E-state index < -0.39 is 26.0 Å². The number of esters is 1. The second kappa shape index (κ2) is 8.49. The number of aryl methyl sites for hydroxylation is 1. The van der Waals surface area contributed by atoms with E-state index in [2.05, 4.69) is 0 Å². The fourth-order valence-electron chi connectivity index (χ4n) is 4.31. The molecule has 0 unspecified atom stereocenters. The number of benzene rings is 2. The molecule has 0 atom stereocenters. The number of sulfonamides is 2. The lowest BCUT2D eigenvalue weighted by Gasteiger charge is -2.26. The van der Waals surface area contributed by atoms with Crippen LogP contribution >= 0.6 is 0 Å². The van der Waals surface area contributed by atoms with Crippen LogP contribution in [-0.2, 0) is 31.2 Å². The molecule has 2 heterocycles. The van der Waals surface area contributed by atoms with E-state index in [1.807, 2.05) is 0 Å². The van der Waals surface area contributed by atoms with E-state index in [1.54, 1.807) is 19.1 Å². The lowest BCUT2D eigenvalue weighted by atomic mass is 10.1. The van der Waals surface area contributed by atoms with Gasteiger partial charge in [-0.25, -0.2) is 21.6 Å². The topological polar surface area (TPSA) is 101 Å². The monoisotopic (exact) mass is 478 g/mol. The Morgan fingerprint density at radius 2 is 1.62 bits per heavy atom. The first-order valence-electron chi connectivity index (χ1n) is 10.5. The van der Waals surface area contributed by atoms with Gasteiger partial charge in [-0.15, -0.1) is 0 Å². The Morgan fingerprint density at radius 3 is 2.28 bits per heavy atom. The summed E-state index contributed by atoms with van der Waals surface area (Å²) in [5.41, 5.74) is 1.89. The lowest BCUT2D eigenvalue weighted by Crippen LogP contribution is -2.35. The second-order valence-corrected chi connectivity index (χ2v) is 11.8. The molecule has 0 radical (unpaired) electrons. The largest absolute Gasteiger partial charge is 0.465 e. The third-order valence-electron chi connectivity index (χ3n) is 6.02. The van der Waals surface area contributed by atoms with Crippen molar-refractivity contribution in [2.45, 2.75) is 42.4 Å². The van der Waals surface area contributed by atoms with Crippen LogP contribution in [0.3, 0.4) is 0 Å². The van der Waals surface area contributed by atoms with Gasteiger partial charge in [0.15, 0.2) is 0 Å². The number of ether oxygens (including phenoxy) is 1. The smallest absolute Gasteiger partial charge is 0.337 e. The first kappa shape index (κ1) is 22.8. The number of anilines is 1. The fraction of sp³-hybridized carbons (Fsp3) is 0.409. The number of carbonyl (C=O) groups is 1. The number of fused-ring (bicyclic) bond motifs is 1. The molecule has 0 aromatic heterocycles. The number of piperidine rings is 1. The summed E-state index contributed by atoms with van der Waals surface area (Å²) in [4.78, 5) is 12.0. The molecule has 0 aliphatic carbocycles. The Morgan fingerprint density at radius 1 is 0.906 bits per heavy atom. The minimum absolute atomic E-state index is 0.100. The molecular formula is C22H26N2O6S2. The summed E-state index contributed by atoms with van der Waals surface area (Å²) in [6.07, 6.45) is 3.16. The van der Waals surface area contributed by atoms with Crippen molar-refractivity contribution >= 4 is 31.7 Å². The number of hydrogen-bond donors (Lipinski definition) is 0. The van der Waals surface area contributed by atoms with Gasteiger partial charge in [-0.3, -0.25) is 4.31 Å². The molecule has 2 aliphatic heterocycles. The van der Waals surface area contributed by atoms with Crippen LogP contribution in [0.25, 0.3) is 0 Å². The first-order chi connectivity index (χ1) is 15.2. The maximum atomic E-state index is 13.4. The Labute approximate surface area is 188 Å². The summed E-state index contributed by atoms with van der Waals surface area (Å²) in [6.45, 7) is 2.88. The van der Waals surface area contributed by atoms with Crippen LogP contribution in [0.5, 0.6) is 0 Å². The van der Waals surface area contributed by atoms with Gasteiger partial charge in [-0.05, 0) is 73.7 Å². The zero-order valence-electron chi connectivity index (χ0n) is 18.1. The Hall–Kier alpha value is -2.43. The number of nitrogens with zero attached hydrogens (tertiary/aromatic N) is 2. The molecule has 10 heteroatoms. The van der Waals surface area contributed by atoms with E-state index in [0.717, 1.165) is 19.3 Å². The van der Waals surface area contributed by atoms with E-state index in [1.165, 1.54) is 40.0 Å². The summed E-state index contributed by atoms with van der Waals surface area (Å²) in [5, 5.41) is 0. The van der Waals surface area contributed by atoms with Gasteiger partial charge in [-0.1, -0.05) is 6.42 Å². The van der Waals surface area contributed by atoms with E-state index >= 15 is 0 Å². The lowest BCUT2D eigenvalue weighted by molar-refractivity contribution is 0.0600. The molecule has 0 N–H and O–H groups in total. The Kier molecular flexibility index (Phi) is 6.04. The Bertz CT molecular complexity index is 1270. The van der Waals surface area contributed by atoms with Crippen LogP contribution in [0.1, 0.15) is 40.7 Å². The van der Waals surface area contributed by atoms with Crippen LogP contribution in [0.4, 0.5) is 5.69 Å². The summed E-state index contributed by atoms with van der Waals surface area (Å²) >= 11 is 0. The molecule has 172 valence electrons. The summed E-state index contributed by atoms with van der Waals surface area (Å²) in [7, 11) is -6.20. The summed E-state index contributed by atoms with van der Waals surface area (Å²) in [6, 6.07) is 8.99. The maximum absolute atomic E-state index is 13.4. The van der Waals surface area contributed by atoms with Crippen LogP contribution in [0.2, 0.25) is 0 Å². The standard InChI is InChI=1S/C22H26N2O6S2/c1-16-14-18(22(25)30-2)6-9-21(16)32(28,29)24-13-10-17-15-19(7-8-20(17)24)31(26,27)23-11-4-3-5-12-23/h6-9,14-15H,3-5,10-13H2,1-2H3. The highest BCUT2D eigenvalue weighted by Gasteiger charge is 2.34. The summed E-state index contributed by atoms with van der Waals surface area (Å²) < 4.78 is 60.3. The van der Waals surface area contributed by atoms with E-state index in [-0.39, 0.29) is 21.9 Å². The molecule has 2 aromatic rings. The highest BCUT2D eigenvalue weighted by Crippen LogP contribution is 2.36. The molecule has 2 aliphatic rings. The zero-order valence-corrected chi connectivity index (χ0v) is 19.7. The van der Waals surface area contributed by atoms with E-state index in [0.29, 0.717) is 36.3 Å². The SMILES string of the molecule is COC(=O)c1ccc(S(=O)(=O)N2CCc3cc(S(=O)(=O)N4CCCCC4)ccc32)c(C)c1. The molecule has 1 fully saturated rings. The molecule has 32 heavy (non-hydrogen) atoms. The number of rotatable bonds is 5. The van der Waals surface area contributed by atoms with Gasteiger partial charge in [0, 0.05) is 19.6 Å². The van der Waals surface area contributed by atoms with Crippen molar-refractivity contribution in [1.29, 1.82) is 0 Å². The number of carbonyl (C=O) groups excluding carboxylic acids is 1. The molecule has 0 saturated carbocycles. The van der Waals surface area contributed by atoms with Crippen molar-refractivity contribution < 1.29 is 26.4 Å². The van der Waals surface area contributed by atoms with Gasteiger partial charge in [0.25, 0.3) is 10.0 Å². The third-order valence-corrected chi connectivity index (χ3v) is 9.89. The van der Waals surface area contributed by atoms with Gasteiger partial charge < -0.3 is 4.74 Å². The molecule has 8 nitrogen and oxygen atoms in total. The summed E-state index contributed by atoms with van der Waals surface area (Å²) in [5.74, 6) is -0.536. The fourth-order valence-corrected chi connectivity index (χ4v) is 7.59. The van der Waals surface area contributed by atoms with Gasteiger partial charge in [0.2, 0.25) is 10.0 Å². The second-order valence-electron chi connectivity index (χ2n) is 8.05. The third kappa shape index (κ3) is 3.91. The molecule has 0 amide bonds. The van der Waals surface area contributed by atoms with Crippen molar-refractivity contribution in [2.75, 3.05) is 31.0 Å². The van der Waals surface area contributed by atoms with Crippen molar-refractivity contribution in [3.63, 3.8) is 0 Å². The Balaban J connectivity index is 1.65. The molecule has 2 aromatic carbocycles. The average Bonchev–Trinajstić information content (AvgIpc) is 3.23.